The van der Waals surface area contributed by atoms with Gasteiger partial charge in [0.25, 0.3) is 0 Å². The molecule has 2 aromatic rings. The molecule has 0 unspecified atom stereocenters. The van der Waals surface area contributed by atoms with Gasteiger partial charge in [0.2, 0.25) is 5.95 Å². The van der Waals surface area contributed by atoms with E-state index in [1.807, 2.05) is 0 Å². The number of aromatic nitrogens is 2. The van der Waals surface area contributed by atoms with Crippen molar-refractivity contribution in [3.05, 3.63) is 30.6 Å². The first-order valence-electron chi connectivity index (χ1n) is 10.4. The van der Waals surface area contributed by atoms with E-state index in [0.29, 0.717) is 5.95 Å². The van der Waals surface area contributed by atoms with Crippen LogP contribution < -0.4 is 9.80 Å². The summed E-state index contributed by atoms with van der Waals surface area (Å²) < 4.78 is 0. The maximum absolute atomic E-state index is 4.37. The molecular formula is C21H32N6. The monoisotopic (exact) mass is 368 g/mol. The van der Waals surface area contributed by atoms with Crippen LogP contribution in [0, 0.1) is 0 Å². The van der Waals surface area contributed by atoms with Crippen LogP contribution >= 0.6 is 0 Å². The van der Waals surface area contributed by atoms with Crippen LogP contribution in [0.2, 0.25) is 0 Å². The third-order valence-electron chi connectivity index (χ3n) is 5.09. The molecule has 6 heteroatoms. The molecule has 3 rings (SSSR count). The molecule has 0 saturated heterocycles. The molecular weight excluding hydrogens is 336 g/mol. The molecule has 0 spiro atoms. The van der Waals surface area contributed by atoms with Gasteiger partial charge in [0, 0.05) is 38.6 Å². The van der Waals surface area contributed by atoms with Crippen molar-refractivity contribution >= 4 is 23.0 Å². The SMILES string of the molecule is CCCCCN1CCN(CCCCC)c2cc(/N=N/c3ncc[nH]3)ccc21. The van der Waals surface area contributed by atoms with Crippen LogP contribution in [0.3, 0.4) is 0 Å². The highest BCUT2D eigenvalue weighted by atomic mass is 15.3. The summed E-state index contributed by atoms with van der Waals surface area (Å²) in [6, 6.07) is 6.46. The minimum absolute atomic E-state index is 0.536. The van der Waals surface area contributed by atoms with E-state index in [4.69, 9.17) is 0 Å². The van der Waals surface area contributed by atoms with Gasteiger partial charge >= 0.3 is 0 Å². The second-order valence-electron chi connectivity index (χ2n) is 7.17. The summed E-state index contributed by atoms with van der Waals surface area (Å²) in [5, 5.41) is 8.57. The number of rotatable bonds is 10. The summed E-state index contributed by atoms with van der Waals surface area (Å²) >= 11 is 0. The Bertz CT molecular complexity index is 709. The summed E-state index contributed by atoms with van der Waals surface area (Å²) in [5.74, 6) is 0.536. The van der Waals surface area contributed by atoms with Crippen molar-refractivity contribution in [2.75, 3.05) is 36.0 Å². The minimum Gasteiger partial charge on any atom is -0.368 e. The fraction of sp³-hybridized carbons (Fsp3) is 0.571. The van der Waals surface area contributed by atoms with Gasteiger partial charge < -0.3 is 14.8 Å². The first kappa shape index (κ1) is 19.4. The van der Waals surface area contributed by atoms with Gasteiger partial charge in [0.15, 0.2) is 0 Å². The molecule has 1 aromatic carbocycles. The largest absolute Gasteiger partial charge is 0.368 e. The summed E-state index contributed by atoms with van der Waals surface area (Å²) in [6.45, 7) is 8.96. The number of azo groups is 1. The molecule has 2 heterocycles. The normalized spacial score (nSPS) is 14.1. The quantitative estimate of drug-likeness (QED) is 0.424. The molecule has 27 heavy (non-hydrogen) atoms. The van der Waals surface area contributed by atoms with E-state index in [0.717, 1.165) is 31.9 Å². The van der Waals surface area contributed by atoms with Gasteiger partial charge in [0.05, 0.1) is 17.1 Å². The van der Waals surface area contributed by atoms with Gasteiger partial charge in [-0.3, -0.25) is 0 Å². The average molecular weight is 369 g/mol. The molecule has 0 aliphatic carbocycles. The zero-order valence-electron chi connectivity index (χ0n) is 16.7. The highest BCUT2D eigenvalue weighted by Crippen LogP contribution is 2.37. The lowest BCUT2D eigenvalue weighted by molar-refractivity contribution is 0.624. The van der Waals surface area contributed by atoms with Crippen LogP contribution in [0.25, 0.3) is 0 Å². The van der Waals surface area contributed by atoms with Crippen molar-refractivity contribution in [2.45, 2.75) is 52.4 Å². The van der Waals surface area contributed by atoms with Crippen LogP contribution in [0.4, 0.5) is 23.0 Å². The van der Waals surface area contributed by atoms with Gasteiger partial charge in [-0.05, 0) is 31.0 Å². The number of fused-ring (bicyclic) bond motifs is 1. The van der Waals surface area contributed by atoms with Crippen molar-refractivity contribution in [1.29, 1.82) is 0 Å². The Balaban J connectivity index is 1.79. The number of imidazole rings is 1. The topological polar surface area (TPSA) is 59.9 Å². The fourth-order valence-corrected chi connectivity index (χ4v) is 3.56. The maximum atomic E-state index is 4.37. The fourth-order valence-electron chi connectivity index (χ4n) is 3.56. The molecule has 1 aliphatic heterocycles. The van der Waals surface area contributed by atoms with Crippen LogP contribution in [-0.4, -0.2) is 36.1 Å². The van der Waals surface area contributed by atoms with E-state index in [9.17, 15) is 0 Å². The van der Waals surface area contributed by atoms with E-state index in [1.54, 1.807) is 12.4 Å². The maximum Gasteiger partial charge on any atom is 0.246 e. The van der Waals surface area contributed by atoms with E-state index in [2.05, 4.69) is 62.0 Å². The first-order chi connectivity index (χ1) is 13.3. The summed E-state index contributed by atoms with van der Waals surface area (Å²) in [7, 11) is 0. The third-order valence-corrected chi connectivity index (χ3v) is 5.09. The predicted octanol–water partition coefficient (Wildman–Crippen LogP) is 5.83. The van der Waals surface area contributed by atoms with E-state index in [1.165, 1.54) is 49.9 Å². The third kappa shape index (κ3) is 5.31. The lowest BCUT2D eigenvalue weighted by atomic mass is 10.1. The van der Waals surface area contributed by atoms with E-state index < -0.39 is 0 Å². The Hall–Kier alpha value is -2.37. The molecule has 0 fully saturated rings. The summed E-state index contributed by atoms with van der Waals surface area (Å²) in [6.07, 6.45) is 11.0. The van der Waals surface area contributed by atoms with Crippen LogP contribution in [0.1, 0.15) is 52.4 Å². The Morgan fingerprint density at radius 3 is 2.26 bits per heavy atom. The number of hydrogen-bond acceptors (Lipinski definition) is 5. The van der Waals surface area contributed by atoms with Crippen LogP contribution in [0.5, 0.6) is 0 Å². The smallest absolute Gasteiger partial charge is 0.246 e. The second-order valence-corrected chi connectivity index (χ2v) is 7.17. The van der Waals surface area contributed by atoms with E-state index >= 15 is 0 Å². The molecule has 1 aromatic heterocycles. The molecule has 0 radical (unpaired) electrons. The van der Waals surface area contributed by atoms with Gasteiger partial charge in [-0.25, -0.2) is 4.98 Å². The number of aromatic amines is 1. The highest BCUT2D eigenvalue weighted by molar-refractivity contribution is 5.76. The number of unbranched alkanes of at least 4 members (excludes halogenated alkanes) is 4. The van der Waals surface area contributed by atoms with Gasteiger partial charge in [-0.1, -0.05) is 39.5 Å². The zero-order valence-corrected chi connectivity index (χ0v) is 16.7. The molecule has 1 aliphatic rings. The molecule has 0 bridgehead atoms. The first-order valence-corrected chi connectivity index (χ1v) is 10.4. The Morgan fingerprint density at radius 2 is 1.63 bits per heavy atom. The second kappa shape index (κ2) is 10.1. The summed E-state index contributed by atoms with van der Waals surface area (Å²) in [5.41, 5.74) is 3.51. The highest BCUT2D eigenvalue weighted by Gasteiger charge is 2.22. The number of nitrogens with one attached hydrogen (secondary N) is 1. The van der Waals surface area contributed by atoms with E-state index in [-0.39, 0.29) is 0 Å². The Labute approximate surface area is 162 Å². The Morgan fingerprint density at radius 1 is 0.926 bits per heavy atom. The summed E-state index contributed by atoms with van der Waals surface area (Å²) in [4.78, 5) is 12.1. The molecule has 0 atom stereocenters. The Kier molecular flexibility index (Phi) is 7.25. The van der Waals surface area contributed by atoms with Crippen molar-refractivity contribution in [3.8, 4) is 0 Å². The predicted molar refractivity (Wildman–Crippen MR) is 113 cm³/mol. The molecule has 6 nitrogen and oxygen atoms in total. The number of anilines is 2. The van der Waals surface area contributed by atoms with Gasteiger partial charge in [0.1, 0.15) is 0 Å². The average Bonchev–Trinajstić information content (AvgIpc) is 3.21. The lowest BCUT2D eigenvalue weighted by Gasteiger charge is -2.39. The number of benzene rings is 1. The zero-order chi connectivity index (χ0) is 18.9. The van der Waals surface area contributed by atoms with Gasteiger partial charge in [-0.15, -0.1) is 10.2 Å². The number of hydrogen-bond donors (Lipinski definition) is 1. The molecule has 1 N–H and O–H groups in total. The minimum atomic E-state index is 0.536. The molecule has 146 valence electrons. The standard InChI is InChI=1S/C21H32N6/c1-3-5-7-13-26-15-16-27(14-8-6-4-2)20-17-18(9-10-19(20)26)24-25-21-22-11-12-23-21/h9-12,17H,3-8,13-16H2,1-2H3,(H,22,23)/b25-24+. The van der Waals surface area contributed by atoms with Gasteiger partial charge in [-0.2, -0.15) is 0 Å². The van der Waals surface area contributed by atoms with Crippen LogP contribution in [-0.2, 0) is 0 Å². The lowest BCUT2D eigenvalue weighted by Crippen LogP contribution is -2.42. The number of H-pyrrole nitrogens is 1. The van der Waals surface area contributed by atoms with Crippen molar-refractivity contribution in [1.82, 2.24) is 9.97 Å². The molecule has 0 saturated carbocycles. The molecule has 0 amide bonds. The van der Waals surface area contributed by atoms with Crippen molar-refractivity contribution < 1.29 is 0 Å². The van der Waals surface area contributed by atoms with Crippen LogP contribution in [0.15, 0.2) is 40.8 Å². The van der Waals surface area contributed by atoms with Crippen molar-refractivity contribution in [2.24, 2.45) is 10.2 Å². The number of nitrogens with zero attached hydrogens (tertiary/aromatic N) is 5. The van der Waals surface area contributed by atoms with Crippen molar-refractivity contribution in [3.63, 3.8) is 0 Å².